The van der Waals surface area contributed by atoms with Gasteiger partial charge in [0.2, 0.25) is 0 Å². The van der Waals surface area contributed by atoms with Crippen LogP contribution in [0.1, 0.15) is 20.8 Å². The molecule has 0 fully saturated rings. The van der Waals surface area contributed by atoms with Crippen LogP contribution in [0.3, 0.4) is 0 Å². The van der Waals surface area contributed by atoms with Crippen LogP contribution in [0, 0.1) is 5.92 Å². The maximum atomic E-state index is 11.4. The van der Waals surface area contributed by atoms with Crippen LogP contribution in [0.4, 0.5) is 0 Å². The highest BCUT2D eigenvalue weighted by Gasteiger charge is 2.33. The quantitative estimate of drug-likeness (QED) is 0.667. The Morgan fingerprint density at radius 3 is 2.85 bits per heavy atom. The van der Waals surface area contributed by atoms with Crippen LogP contribution in [0.15, 0.2) is 12.3 Å². The maximum absolute atomic E-state index is 11.4. The predicted molar refractivity (Wildman–Crippen MR) is 49.3 cm³/mol. The van der Waals surface area contributed by atoms with E-state index in [1.807, 2.05) is 20.8 Å². The zero-order valence-electron chi connectivity index (χ0n) is 8.32. The van der Waals surface area contributed by atoms with Gasteiger partial charge in [-0.15, -0.1) is 0 Å². The van der Waals surface area contributed by atoms with E-state index in [1.165, 1.54) is 12.3 Å². The highest BCUT2D eigenvalue weighted by atomic mass is 16.5. The zero-order chi connectivity index (χ0) is 9.84. The van der Waals surface area contributed by atoms with Gasteiger partial charge in [-0.3, -0.25) is 4.79 Å². The normalized spacial score (nSPS) is 27.8. The fraction of sp³-hybridized carbons (Fsp3) is 0.700. The van der Waals surface area contributed by atoms with Crippen LogP contribution in [0.5, 0.6) is 0 Å². The van der Waals surface area contributed by atoms with E-state index in [9.17, 15) is 4.79 Å². The van der Waals surface area contributed by atoms with Crippen LogP contribution in [-0.4, -0.2) is 24.6 Å². The molecule has 0 radical (unpaired) electrons. The Morgan fingerprint density at radius 2 is 2.31 bits per heavy atom. The average Bonchev–Trinajstić information content (AvgIpc) is 2.08. The Hall–Kier alpha value is -0.830. The van der Waals surface area contributed by atoms with Crippen LogP contribution in [-0.2, 0) is 14.3 Å². The fourth-order valence-corrected chi connectivity index (χ4v) is 1.39. The Labute approximate surface area is 78.7 Å². The molecular formula is C10H16O3. The van der Waals surface area contributed by atoms with Gasteiger partial charge in [-0.1, -0.05) is 13.8 Å². The number of carbonyl (C=O) groups is 1. The number of hydrogen-bond donors (Lipinski definition) is 0. The van der Waals surface area contributed by atoms with E-state index in [-0.39, 0.29) is 17.8 Å². The topological polar surface area (TPSA) is 35.5 Å². The van der Waals surface area contributed by atoms with Crippen molar-refractivity contribution < 1.29 is 14.3 Å². The fourth-order valence-electron chi connectivity index (χ4n) is 1.39. The predicted octanol–water partition coefficient (Wildman–Crippen LogP) is 1.53. The van der Waals surface area contributed by atoms with Crippen molar-refractivity contribution in [1.29, 1.82) is 0 Å². The minimum Gasteiger partial charge on any atom is -0.494 e. The van der Waals surface area contributed by atoms with Gasteiger partial charge in [0.1, 0.15) is 6.10 Å². The molecule has 0 aromatic rings. The highest BCUT2D eigenvalue weighted by molar-refractivity contribution is 5.94. The van der Waals surface area contributed by atoms with Gasteiger partial charge in [0.15, 0.2) is 11.9 Å². The first-order valence-electron chi connectivity index (χ1n) is 4.64. The molecule has 0 saturated heterocycles. The molecular weight excluding hydrogens is 168 g/mol. The molecule has 1 rings (SSSR count). The van der Waals surface area contributed by atoms with Crippen molar-refractivity contribution in [3.05, 3.63) is 12.3 Å². The average molecular weight is 184 g/mol. The molecule has 74 valence electrons. The molecule has 0 N–H and O–H groups in total. The molecule has 0 aromatic carbocycles. The molecule has 0 aliphatic carbocycles. The first-order chi connectivity index (χ1) is 6.16. The van der Waals surface area contributed by atoms with E-state index >= 15 is 0 Å². The van der Waals surface area contributed by atoms with E-state index in [0.29, 0.717) is 6.61 Å². The molecule has 0 aromatic heterocycles. The molecule has 0 bridgehead atoms. The zero-order valence-corrected chi connectivity index (χ0v) is 8.32. The Morgan fingerprint density at radius 1 is 1.62 bits per heavy atom. The smallest absolute Gasteiger partial charge is 0.191 e. The maximum Gasteiger partial charge on any atom is 0.191 e. The summed E-state index contributed by atoms with van der Waals surface area (Å²) in [5, 5.41) is 0. The van der Waals surface area contributed by atoms with Gasteiger partial charge in [0.05, 0.1) is 6.26 Å². The Bertz CT molecular complexity index is 208. The summed E-state index contributed by atoms with van der Waals surface area (Å²) >= 11 is 0. The standard InChI is InChI=1S/C10H16O3/c1-4-12-10-8(11)5-6-13-9(10)7(2)3/h5-7,9-10H,4H2,1-3H3. The number of hydrogen-bond acceptors (Lipinski definition) is 3. The molecule has 2 unspecified atom stereocenters. The van der Waals surface area contributed by atoms with Crippen molar-refractivity contribution in [2.45, 2.75) is 33.0 Å². The largest absolute Gasteiger partial charge is 0.494 e. The third-order valence-electron chi connectivity index (χ3n) is 2.05. The van der Waals surface area contributed by atoms with E-state index in [2.05, 4.69) is 0 Å². The minimum absolute atomic E-state index is 0.00630. The third-order valence-corrected chi connectivity index (χ3v) is 2.05. The Balaban J connectivity index is 2.71. The monoisotopic (exact) mass is 184 g/mol. The first kappa shape index (κ1) is 10.3. The lowest BCUT2D eigenvalue weighted by atomic mass is 9.97. The van der Waals surface area contributed by atoms with Crippen molar-refractivity contribution in [3.8, 4) is 0 Å². The molecule has 1 aliphatic heterocycles. The third kappa shape index (κ3) is 2.31. The summed E-state index contributed by atoms with van der Waals surface area (Å²) < 4.78 is 10.7. The van der Waals surface area contributed by atoms with Crippen LogP contribution >= 0.6 is 0 Å². The van der Waals surface area contributed by atoms with Gasteiger partial charge in [0.25, 0.3) is 0 Å². The van der Waals surface area contributed by atoms with E-state index in [0.717, 1.165) is 0 Å². The SMILES string of the molecule is CCOC1C(=O)C=COC1C(C)C. The minimum atomic E-state index is -0.421. The van der Waals surface area contributed by atoms with Crippen molar-refractivity contribution in [2.75, 3.05) is 6.61 Å². The summed E-state index contributed by atoms with van der Waals surface area (Å²) in [6.07, 6.45) is 2.33. The lowest BCUT2D eigenvalue weighted by Crippen LogP contribution is -2.42. The summed E-state index contributed by atoms with van der Waals surface area (Å²) in [7, 11) is 0. The summed E-state index contributed by atoms with van der Waals surface area (Å²) in [4.78, 5) is 11.4. The van der Waals surface area contributed by atoms with Crippen molar-refractivity contribution in [2.24, 2.45) is 5.92 Å². The van der Waals surface area contributed by atoms with Gasteiger partial charge >= 0.3 is 0 Å². The molecule has 13 heavy (non-hydrogen) atoms. The second-order valence-corrected chi connectivity index (χ2v) is 3.43. The van der Waals surface area contributed by atoms with Gasteiger partial charge in [-0.25, -0.2) is 0 Å². The number of ketones is 1. The summed E-state index contributed by atoms with van der Waals surface area (Å²) in [5.41, 5.74) is 0. The molecule has 0 saturated carbocycles. The lowest BCUT2D eigenvalue weighted by Gasteiger charge is -2.30. The van der Waals surface area contributed by atoms with Crippen molar-refractivity contribution in [1.82, 2.24) is 0 Å². The van der Waals surface area contributed by atoms with Crippen molar-refractivity contribution >= 4 is 5.78 Å². The molecule has 0 spiro atoms. The molecule has 0 amide bonds. The molecule has 2 atom stereocenters. The van der Waals surface area contributed by atoms with E-state index < -0.39 is 6.10 Å². The van der Waals surface area contributed by atoms with E-state index in [4.69, 9.17) is 9.47 Å². The Kier molecular flexibility index (Phi) is 3.48. The van der Waals surface area contributed by atoms with Crippen molar-refractivity contribution in [3.63, 3.8) is 0 Å². The highest BCUT2D eigenvalue weighted by Crippen LogP contribution is 2.19. The van der Waals surface area contributed by atoms with Gasteiger partial charge in [0, 0.05) is 12.7 Å². The molecule has 3 heteroatoms. The molecule has 1 heterocycles. The summed E-state index contributed by atoms with van der Waals surface area (Å²) in [6, 6.07) is 0. The number of ether oxygens (including phenoxy) is 2. The summed E-state index contributed by atoms with van der Waals surface area (Å²) in [5.74, 6) is 0.289. The second-order valence-electron chi connectivity index (χ2n) is 3.43. The van der Waals surface area contributed by atoms with Crippen LogP contribution in [0.25, 0.3) is 0 Å². The van der Waals surface area contributed by atoms with Crippen LogP contribution < -0.4 is 0 Å². The van der Waals surface area contributed by atoms with Crippen LogP contribution in [0.2, 0.25) is 0 Å². The number of carbonyl (C=O) groups excluding carboxylic acids is 1. The molecule has 1 aliphatic rings. The van der Waals surface area contributed by atoms with Gasteiger partial charge in [-0.2, -0.15) is 0 Å². The van der Waals surface area contributed by atoms with E-state index in [1.54, 1.807) is 0 Å². The molecule has 3 nitrogen and oxygen atoms in total. The lowest BCUT2D eigenvalue weighted by molar-refractivity contribution is -0.139. The van der Waals surface area contributed by atoms with Gasteiger partial charge in [-0.05, 0) is 12.8 Å². The number of rotatable bonds is 3. The second kappa shape index (κ2) is 4.42. The first-order valence-corrected chi connectivity index (χ1v) is 4.64. The van der Waals surface area contributed by atoms with Gasteiger partial charge < -0.3 is 9.47 Å². The summed E-state index contributed by atoms with van der Waals surface area (Å²) in [6.45, 7) is 6.45.